The number of anilines is 1. The number of fused-ring (bicyclic) bond motifs is 2. The number of halogens is 1. The lowest BCUT2D eigenvalue weighted by molar-refractivity contribution is 0.589. The van der Waals surface area contributed by atoms with Crippen molar-refractivity contribution in [1.29, 1.82) is 0 Å². The molecular weight excluding hydrogens is 430 g/mol. The topological polar surface area (TPSA) is 101 Å². The highest BCUT2D eigenvalue weighted by Crippen LogP contribution is 2.29. The van der Waals surface area contributed by atoms with Crippen molar-refractivity contribution in [2.75, 3.05) is 5.32 Å². The van der Waals surface area contributed by atoms with Crippen molar-refractivity contribution in [2.45, 2.75) is 18.8 Å². The van der Waals surface area contributed by atoms with Crippen LogP contribution in [0.1, 0.15) is 19.2 Å². The first kappa shape index (κ1) is 21.9. The smallest absolute Gasteiger partial charge is 0.269 e. The molecule has 0 amide bonds. The van der Waals surface area contributed by atoms with Crippen LogP contribution in [-0.4, -0.2) is 53.0 Å². The fraction of sp³-hybridized carbons (Fsp3) is 0.136. The molecule has 0 aliphatic carbocycles. The molecule has 0 aliphatic heterocycles. The molecule has 0 unspecified atom stereocenters. The monoisotopic (exact) mass is 445 g/mol. The molecule has 1 atom stereocenters. The fourth-order valence-electron chi connectivity index (χ4n) is 3.84. The molecule has 8 nitrogen and oxygen atoms in total. The summed E-state index contributed by atoms with van der Waals surface area (Å²) in [6.07, 6.45) is 0.266. The van der Waals surface area contributed by atoms with Crippen LogP contribution in [0.15, 0.2) is 53.3 Å². The minimum Gasteiger partial charge on any atom is -0.364 e. The third-order valence-electron chi connectivity index (χ3n) is 5.55. The second kappa shape index (κ2) is 8.12. The SMILES string of the molecule is [B]c1nc(N[C@@]([B])(CC)c2nc3cccc(F)c3c(=O)n2-c2ccccc2)c2[nH]c([B])nc2n1. The summed E-state index contributed by atoms with van der Waals surface area (Å²) in [4.78, 5) is 33.5. The van der Waals surface area contributed by atoms with Crippen LogP contribution in [0.2, 0.25) is 0 Å². The first-order chi connectivity index (χ1) is 16.3. The lowest BCUT2D eigenvalue weighted by Crippen LogP contribution is -2.43. The van der Waals surface area contributed by atoms with Gasteiger partial charge in [-0.05, 0) is 30.7 Å². The Hall–Kier alpha value is -3.95. The largest absolute Gasteiger partial charge is 0.364 e. The van der Waals surface area contributed by atoms with Gasteiger partial charge in [0, 0.05) is 0 Å². The van der Waals surface area contributed by atoms with Gasteiger partial charge >= 0.3 is 0 Å². The molecule has 0 saturated carbocycles. The summed E-state index contributed by atoms with van der Waals surface area (Å²) in [7, 11) is 18.5. The number of aromatic nitrogens is 6. The number of rotatable bonds is 5. The van der Waals surface area contributed by atoms with Crippen molar-refractivity contribution in [2.24, 2.45) is 0 Å². The Bertz CT molecular complexity index is 1610. The summed E-state index contributed by atoms with van der Waals surface area (Å²) >= 11 is 0. The Morgan fingerprint density at radius 2 is 1.82 bits per heavy atom. The lowest BCUT2D eigenvalue weighted by Gasteiger charge is -2.33. The van der Waals surface area contributed by atoms with Gasteiger partial charge in [-0.2, -0.15) is 0 Å². The molecule has 2 aromatic carbocycles. The van der Waals surface area contributed by atoms with Gasteiger partial charge in [-0.25, -0.2) is 24.3 Å². The predicted molar refractivity (Wildman–Crippen MR) is 131 cm³/mol. The molecular formula is C22H15B3FN7O. The highest BCUT2D eigenvalue weighted by molar-refractivity contribution is 6.31. The first-order valence-corrected chi connectivity index (χ1v) is 10.4. The standard InChI is InChI=1S/C22H15B3FN7O/c1-2-22(25,32-17-15-16(29-20(23)28-15)30-21(24)31-17)19-27-13-10-6-9-12(26)14(13)18(34)33(19)11-7-4-3-5-8-11/h3-10H,2H2,1H3,(H2,28,29,30,31,32)/t22-/m0/s1. The molecule has 5 rings (SSSR count). The van der Waals surface area contributed by atoms with Crippen molar-refractivity contribution in [3.63, 3.8) is 0 Å². The van der Waals surface area contributed by atoms with Crippen molar-refractivity contribution in [1.82, 2.24) is 29.5 Å². The zero-order chi connectivity index (χ0) is 24.0. The number of benzene rings is 2. The van der Waals surface area contributed by atoms with Gasteiger partial charge < -0.3 is 10.3 Å². The highest BCUT2D eigenvalue weighted by atomic mass is 19.1. The molecule has 3 heterocycles. The van der Waals surface area contributed by atoms with Crippen LogP contribution in [0, 0.1) is 5.82 Å². The Labute approximate surface area is 197 Å². The maximum absolute atomic E-state index is 14.7. The summed E-state index contributed by atoms with van der Waals surface area (Å²) in [6, 6.07) is 13.0. The molecule has 5 aromatic rings. The van der Waals surface area contributed by atoms with Crippen LogP contribution in [-0.2, 0) is 5.44 Å². The summed E-state index contributed by atoms with van der Waals surface area (Å²) in [5.41, 5.74) is -0.670. The maximum atomic E-state index is 14.7. The van der Waals surface area contributed by atoms with E-state index in [0.29, 0.717) is 11.2 Å². The van der Waals surface area contributed by atoms with Gasteiger partial charge in [0.25, 0.3) is 5.56 Å². The van der Waals surface area contributed by atoms with E-state index in [1.54, 1.807) is 36.4 Å². The minimum atomic E-state index is -1.44. The Morgan fingerprint density at radius 3 is 2.56 bits per heavy atom. The van der Waals surface area contributed by atoms with Gasteiger partial charge in [-0.3, -0.25) is 9.36 Å². The van der Waals surface area contributed by atoms with Crippen molar-refractivity contribution in [3.05, 3.63) is 70.5 Å². The number of hydrogen-bond donors (Lipinski definition) is 2. The highest BCUT2D eigenvalue weighted by Gasteiger charge is 2.32. The Balaban J connectivity index is 1.79. The maximum Gasteiger partial charge on any atom is 0.269 e. The molecule has 3 aromatic heterocycles. The molecule has 12 heteroatoms. The molecule has 0 fully saturated rings. The van der Waals surface area contributed by atoms with E-state index >= 15 is 0 Å². The number of imidazole rings is 1. The third-order valence-corrected chi connectivity index (χ3v) is 5.55. The number of para-hydroxylation sites is 1. The van der Waals surface area contributed by atoms with E-state index < -0.39 is 16.8 Å². The van der Waals surface area contributed by atoms with E-state index in [2.05, 4.69) is 30.2 Å². The average Bonchev–Trinajstić information content (AvgIpc) is 3.19. The van der Waals surface area contributed by atoms with E-state index in [0.717, 1.165) is 0 Å². The van der Waals surface area contributed by atoms with E-state index in [-0.39, 0.29) is 46.1 Å². The molecule has 160 valence electrons. The van der Waals surface area contributed by atoms with Crippen LogP contribution in [0.5, 0.6) is 0 Å². The number of hydrogen-bond acceptors (Lipinski definition) is 6. The second-order valence-corrected chi connectivity index (χ2v) is 7.75. The number of aromatic amines is 1. The normalized spacial score (nSPS) is 13.2. The zero-order valence-electron chi connectivity index (χ0n) is 18.1. The van der Waals surface area contributed by atoms with Crippen LogP contribution in [0.25, 0.3) is 27.8 Å². The number of nitrogens with one attached hydrogen (secondary N) is 2. The van der Waals surface area contributed by atoms with Crippen molar-refractivity contribution < 1.29 is 4.39 Å². The first-order valence-electron chi connectivity index (χ1n) is 10.4. The Kier molecular flexibility index (Phi) is 5.23. The van der Waals surface area contributed by atoms with Gasteiger partial charge in [0.05, 0.1) is 28.1 Å². The second-order valence-electron chi connectivity index (χ2n) is 7.75. The predicted octanol–water partition coefficient (Wildman–Crippen LogP) is 0.622. The van der Waals surface area contributed by atoms with Crippen molar-refractivity contribution >= 4 is 62.9 Å². The minimum absolute atomic E-state index is 0.0473. The molecule has 0 aliphatic rings. The van der Waals surface area contributed by atoms with Gasteiger partial charge in [0.15, 0.2) is 27.2 Å². The van der Waals surface area contributed by atoms with E-state index in [1.807, 2.05) is 6.92 Å². The summed E-state index contributed by atoms with van der Waals surface area (Å²) in [5.74, 6) is -0.289. The van der Waals surface area contributed by atoms with Gasteiger partial charge in [-0.1, -0.05) is 31.2 Å². The van der Waals surface area contributed by atoms with Gasteiger partial charge in [-0.15, -0.1) is 0 Å². The van der Waals surface area contributed by atoms with Crippen LogP contribution in [0.3, 0.4) is 0 Å². The molecule has 2 N–H and O–H groups in total. The van der Waals surface area contributed by atoms with Crippen molar-refractivity contribution in [3.8, 4) is 5.69 Å². The molecule has 0 saturated heterocycles. The molecule has 0 bridgehead atoms. The van der Waals surface area contributed by atoms with Crippen LogP contribution < -0.4 is 22.3 Å². The molecule has 0 spiro atoms. The van der Waals surface area contributed by atoms with E-state index in [4.69, 9.17) is 23.5 Å². The quantitative estimate of drug-likeness (QED) is 0.385. The van der Waals surface area contributed by atoms with Crippen LogP contribution >= 0.6 is 0 Å². The van der Waals surface area contributed by atoms with E-state index in [1.165, 1.54) is 16.7 Å². The number of nitrogens with zero attached hydrogens (tertiary/aromatic N) is 5. The third kappa shape index (κ3) is 3.55. The summed E-state index contributed by atoms with van der Waals surface area (Å²) in [6.45, 7) is 1.81. The lowest BCUT2D eigenvalue weighted by atomic mass is 9.74. The van der Waals surface area contributed by atoms with Gasteiger partial charge in [0.1, 0.15) is 30.4 Å². The Morgan fingerprint density at radius 1 is 1.06 bits per heavy atom. The van der Waals surface area contributed by atoms with Crippen LogP contribution in [0.4, 0.5) is 10.2 Å². The molecule has 6 radical (unpaired) electrons. The molecule has 34 heavy (non-hydrogen) atoms. The summed E-state index contributed by atoms with van der Waals surface area (Å²) in [5, 5.41) is 3.00. The fourth-order valence-corrected chi connectivity index (χ4v) is 3.84. The van der Waals surface area contributed by atoms with E-state index in [9.17, 15) is 9.18 Å². The zero-order valence-corrected chi connectivity index (χ0v) is 18.1. The van der Waals surface area contributed by atoms with Gasteiger partial charge in [0.2, 0.25) is 0 Å². The average molecular weight is 445 g/mol. The number of H-pyrrole nitrogens is 1. The summed E-state index contributed by atoms with van der Waals surface area (Å²) < 4.78 is 16.0.